The van der Waals surface area contributed by atoms with E-state index in [1.165, 1.54) is 4.31 Å². The third-order valence-corrected chi connectivity index (χ3v) is 8.51. The van der Waals surface area contributed by atoms with Gasteiger partial charge in [0, 0.05) is 48.3 Å². The van der Waals surface area contributed by atoms with Crippen LogP contribution in [0.5, 0.6) is 0 Å². The number of carbonyl (C=O) groups excluding carboxylic acids is 1. The van der Waals surface area contributed by atoms with Gasteiger partial charge in [0.1, 0.15) is 0 Å². The van der Waals surface area contributed by atoms with Crippen molar-refractivity contribution in [3.8, 4) is 0 Å². The number of hydrogen-bond donors (Lipinski definition) is 2. The molecule has 1 fully saturated rings. The van der Waals surface area contributed by atoms with Gasteiger partial charge in [-0.1, -0.05) is 34.1 Å². The largest absolute Gasteiger partial charge is 0.337 e. The fourth-order valence-corrected chi connectivity index (χ4v) is 5.83. The number of sulfonamides is 1. The van der Waals surface area contributed by atoms with Crippen LogP contribution in [-0.4, -0.2) is 67.9 Å². The molecule has 0 aliphatic carbocycles. The lowest BCUT2D eigenvalue weighted by molar-refractivity contribution is 0.248. The fourth-order valence-electron chi connectivity index (χ4n) is 4.19. The minimum Gasteiger partial charge on any atom is -0.337 e. The first-order chi connectivity index (χ1) is 16.2. The average Bonchev–Trinajstić information content (AvgIpc) is 3.27. The van der Waals surface area contributed by atoms with Crippen molar-refractivity contribution in [3.05, 3.63) is 64.8 Å². The molecule has 3 aromatic rings. The topological polar surface area (TPSA) is 94.6 Å². The zero-order valence-corrected chi connectivity index (χ0v) is 21.6. The van der Waals surface area contributed by atoms with E-state index < -0.39 is 10.0 Å². The summed E-state index contributed by atoms with van der Waals surface area (Å²) in [4.78, 5) is 19.4. The molecule has 180 valence electrons. The molecule has 0 radical (unpaired) electrons. The summed E-state index contributed by atoms with van der Waals surface area (Å²) in [5.74, 6) is 0. The summed E-state index contributed by atoms with van der Waals surface area (Å²) in [6.07, 6.45) is 0.751. The highest BCUT2D eigenvalue weighted by molar-refractivity contribution is 9.10. The summed E-state index contributed by atoms with van der Waals surface area (Å²) in [6.45, 7) is 4.41. The number of aryl methyl sites for hydroxylation is 1. The zero-order chi connectivity index (χ0) is 24.3. The van der Waals surface area contributed by atoms with Crippen LogP contribution in [0.25, 0.3) is 10.9 Å². The van der Waals surface area contributed by atoms with Gasteiger partial charge >= 0.3 is 6.03 Å². The number of aromatic nitrogens is 1. The van der Waals surface area contributed by atoms with Crippen LogP contribution in [0.1, 0.15) is 12.1 Å². The molecule has 0 spiro atoms. The highest BCUT2D eigenvalue weighted by Gasteiger charge is 2.33. The number of likely N-dealkylation sites (N-methyl/N-ethyl adjacent to an activating group) is 1. The lowest BCUT2D eigenvalue weighted by Crippen LogP contribution is -2.40. The van der Waals surface area contributed by atoms with Crippen molar-refractivity contribution in [1.82, 2.24) is 19.5 Å². The number of pyridine rings is 1. The number of nitrogens with one attached hydrogen (secondary N) is 2. The van der Waals surface area contributed by atoms with Gasteiger partial charge in [-0.15, -0.1) is 0 Å². The Bertz CT molecular complexity index is 1280. The minimum absolute atomic E-state index is 0.103. The maximum Gasteiger partial charge on any atom is 0.319 e. The second-order valence-electron chi connectivity index (χ2n) is 8.43. The standard InChI is InChI=1S/C24H28BrN5O3S/c1-17-15-23(21-5-3-4-6-22(21)27-17)28-24(31)26-12-14-30-13-11-19(16-30)29(2)34(32,33)20-9-7-18(25)8-10-20/h3-10,15,19H,11-14,16H2,1-2H3,(H2,26,27,28,31)/t19-/m1/s1. The van der Waals surface area contributed by atoms with Gasteiger partial charge in [-0.2, -0.15) is 4.31 Å². The molecule has 1 atom stereocenters. The summed E-state index contributed by atoms with van der Waals surface area (Å²) in [7, 11) is -1.91. The van der Waals surface area contributed by atoms with Crippen molar-refractivity contribution >= 4 is 48.6 Å². The molecule has 0 unspecified atom stereocenters. The second-order valence-corrected chi connectivity index (χ2v) is 11.3. The number of nitrogens with zero attached hydrogens (tertiary/aromatic N) is 3. The molecule has 2 amide bonds. The summed E-state index contributed by atoms with van der Waals surface area (Å²) < 4.78 is 28.2. The van der Waals surface area contributed by atoms with Crippen LogP contribution >= 0.6 is 15.9 Å². The Morgan fingerprint density at radius 1 is 1.21 bits per heavy atom. The van der Waals surface area contributed by atoms with E-state index in [2.05, 4.69) is 36.4 Å². The second kappa shape index (κ2) is 10.4. The van der Waals surface area contributed by atoms with Crippen LogP contribution in [0.4, 0.5) is 10.5 Å². The van der Waals surface area contributed by atoms with Crippen LogP contribution in [0.15, 0.2) is 64.0 Å². The van der Waals surface area contributed by atoms with Gasteiger partial charge in [-0.05, 0) is 56.3 Å². The van der Waals surface area contributed by atoms with Crippen molar-refractivity contribution in [1.29, 1.82) is 0 Å². The van der Waals surface area contributed by atoms with Gasteiger partial charge in [0.05, 0.1) is 16.1 Å². The number of amides is 2. The first-order valence-electron chi connectivity index (χ1n) is 11.1. The first-order valence-corrected chi connectivity index (χ1v) is 13.3. The monoisotopic (exact) mass is 545 g/mol. The third-order valence-electron chi connectivity index (χ3n) is 6.06. The number of hydrogen-bond acceptors (Lipinski definition) is 5. The molecular formula is C24H28BrN5O3S. The van der Waals surface area contributed by atoms with Crippen LogP contribution in [-0.2, 0) is 10.0 Å². The molecule has 34 heavy (non-hydrogen) atoms. The van der Waals surface area contributed by atoms with Crippen molar-refractivity contribution in [2.24, 2.45) is 0 Å². The summed E-state index contributed by atoms with van der Waals surface area (Å²) in [6, 6.07) is 15.8. The number of anilines is 1. The van der Waals surface area contributed by atoms with Crippen molar-refractivity contribution in [2.45, 2.75) is 24.3 Å². The number of carbonyl (C=O) groups is 1. The van der Waals surface area contributed by atoms with Crippen molar-refractivity contribution < 1.29 is 13.2 Å². The fraction of sp³-hybridized carbons (Fsp3) is 0.333. The van der Waals surface area contributed by atoms with Gasteiger partial charge < -0.3 is 10.6 Å². The first kappa shape index (κ1) is 24.6. The molecule has 0 saturated carbocycles. The molecule has 2 N–H and O–H groups in total. The molecule has 2 heterocycles. The predicted octanol–water partition coefficient (Wildman–Crippen LogP) is 3.82. The van der Waals surface area contributed by atoms with Crippen molar-refractivity contribution in [3.63, 3.8) is 0 Å². The van der Waals surface area contributed by atoms with Gasteiger partial charge in [0.15, 0.2) is 0 Å². The number of urea groups is 1. The Labute approximate surface area is 208 Å². The Morgan fingerprint density at radius 2 is 1.94 bits per heavy atom. The average molecular weight is 546 g/mol. The quantitative estimate of drug-likeness (QED) is 0.470. The Morgan fingerprint density at radius 3 is 2.71 bits per heavy atom. The van der Waals surface area contributed by atoms with E-state index in [0.717, 1.165) is 39.7 Å². The van der Waals surface area contributed by atoms with E-state index in [-0.39, 0.29) is 17.0 Å². The zero-order valence-electron chi connectivity index (χ0n) is 19.2. The third kappa shape index (κ3) is 5.57. The SMILES string of the molecule is Cc1cc(NC(=O)NCCN2CC[C@@H](N(C)S(=O)(=O)c3ccc(Br)cc3)C2)c2ccccc2n1. The van der Waals surface area contributed by atoms with Gasteiger partial charge in [0.25, 0.3) is 0 Å². The Kier molecular flexibility index (Phi) is 7.51. The van der Waals surface area contributed by atoms with E-state index in [1.807, 2.05) is 37.3 Å². The Balaban J connectivity index is 1.28. The number of fused-ring (bicyclic) bond motifs is 1. The van der Waals surface area contributed by atoms with E-state index in [0.29, 0.717) is 19.6 Å². The molecular weight excluding hydrogens is 518 g/mol. The van der Waals surface area contributed by atoms with E-state index in [1.54, 1.807) is 31.3 Å². The van der Waals surface area contributed by atoms with Crippen LogP contribution in [0.2, 0.25) is 0 Å². The van der Waals surface area contributed by atoms with E-state index in [4.69, 9.17) is 0 Å². The van der Waals surface area contributed by atoms with Crippen LogP contribution < -0.4 is 10.6 Å². The smallest absolute Gasteiger partial charge is 0.319 e. The maximum absolute atomic E-state index is 13.0. The minimum atomic E-state index is -3.55. The molecule has 1 aromatic heterocycles. The number of rotatable bonds is 7. The number of halogens is 1. The van der Waals surface area contributed by atoms with E-state index in [9.17, 15) is 13.2 Å². The summed E-state index contributed by atoms with van der Waals surface area (Å²) >= 11 is 3.34. The molecule has 8 nitrogen and oxygen atoms in total. The van der Waals surface area contributed by atoms with Gasteiger partial charge in [-0.25, -0.2) is 13.2 Å². The number of benzene rings is 2. The lowest BCUT2D eigenvalue weighted by atomic mass is 10.1. The van der Waals surface area contributed by atoms with Crippen molar-refractivity contribution in [2.75, 3.05) is 38.5 Å². The molecule has 2 aromatic carbocycles. The van der Waals surface area contributed by atoms with Crippen LogP contribution in [0.3, 0.4) is 0 Å². The summed E-state index contributed by atoms with van der Waals surface area (Å²) in [5, 5.41) is 6.71. The highest BCUT2D eigenvalue weighted by Crippen LogP contribution is 2.24. The van der Waals surface area contributed by atoms with E-state index >= 15 is 0 Å². The number of para-hydroxylation sites is 1. The Hall–Kier alpha value is -2.53. The normalized spacial score (nSPS) is 16.8. The number of likely N-dealkylation sites (tertiary alicyclic amines) is 1. The molecule has 4 rings (SSSR count). The highest BCUT2D eigenvalue weighted by atomic mass is 79.9. The molecule has 1 aliphatic rings. The lowest BCUT2D eigenvalue weighted by Gasteiger charge is -2.24. The summed E-state index contributed by atoms with van der Waals surface area (Å²) in [5.41, 5.74) is 2.39. The maximum atomic E-state index is 13.0. The predicted molar refractivity (Wildman–Crippen MR) is 137 cm³/mol. The molecule has 1 aliphatic heterocycles. The van der Waals surface area contributed by atoms with Gasteiger partial charge in [-0.3, -0.25) is 9.88 Å². The molecule has 0 bridgehead atoms. The van der Waals surface area contributed by atoms with Gasteiger partial charge in [0.2, 0.25) is 10.0 Å². The molecule has 1 saturated heterocycles. The molecule has 10 heteroatoms. The van der Waals surface area contributed by atoms with Crippen LogP contribution in [0, 0.1) is 6.92 Å².